The molecule has 0 amide bonds. The van der Waals surface area contributed by atoms with E-state index in [0.29, 0.717) is 0 Å². The molecule has 0 saturated heterocycles. The highest BCUT2D eigenvalue weighted by Gasteiger charge is 2.28. The van der Waals surface area contributed by atoms with Crippen LogP contribution in [0.4, 0.5) is 0 Å². The van der Waals surface area contributed by atoms with E-state index < -0.39 is 26.7 Å². The molecule has 8 heteroatoms. The number of carboxylic acid groups (broad SMARTS) is 1. The van der Waals surface area contributed by atoms with Crippen LogP contribution in [0.25, 0.3) is 32.0 Å². The van der Waals surface area contributed by atoms with Crippen LogP contribution in [-0.2, 0) is 10.1 Å². The molecular formula is C32H28O6S2. The van der Waals surface area contributed by atoms with E-state index in [1.807, 2.05) is 18.2 Å². The Hall–Kier alpha value is -3.88. The molecule has 6 rings (SSSR count). The second kappa shape index (κ2) is 9.94. The van der Waals surface area contributed by atoms with Crippen LogP contribution in [0.5, 0.6) is 11.5 Å². The fraction of sp³-hybridized carbons (Fsp3) is 0.219. The Morgan fingerprint density at radius 3 is 2.45 bits per heavy atom. The number of rotatable bonds is 6. The third-order valence-electron chi connectivity index (χ3n) is 7.95. The minimum atomic E-state index is -4.43. The monoisotopic (exact) mass is 572 g/mol. The number of phenols is 1. The van der Waals surface area contributed by atoms with Gasteiger partial charge in [0.1, 0.15) is 16.4 Å². The van der Waals surface area contributed by atoms with Gasteiger partial charge >= 0.3 is 16.1 Å². The van der Waals surface area contributed by atoms with E-state index in [1.165, 1.54) is 20.5 Å². The molecule has 2 N–H and O–H groups in total. The first-order valence-electron chi connectivity index (χ1n) is 13.2. The number of carbonyl (C=O) groups is 1. The number of fused-ring (bicyclic) bond motifs is 2. The quantitative estimate of drug-likeness (QED) is 0.199. The van der Waals surface area contributed by atoms with Crippen molar-refractivity contribution in [2.45, 2.75) is 50.3 Å². The van der Waals surface area contributed by atoms with Gasteiger partial charge in [0.2, 0.25) is 0 Å². The SMILES string of the molecule is Cc1sc2cc3ccccc3c(-c3ccc(OS(=O)(=O)c4ccc(C(=O)O)cc4O)c(C4CCCC4)c3)c2c1C. The molecule has 1 heterocycles. The van der Waals surface area contributed by atoms with Crippen LogP contribution < -0.4 is 4.18 Å². The van der Waals surface area contributed by atoms with Crippen molar-refractivity contribution in [2.75, 3.05) is 0 Å². The summed E-state index contributed by atoms with van der Waals surface area (Å²) < 4.78 is 33.5. The minimum Gasteiger partial charge on any atom is -0.506 e. The Morgan fingerprint density at radius 2 is 1.73 bits per heavy atom. The van der Waals surface area contributed by atoms with Crippen LogP contribution >= 0.6 is 11.3 Å². The first-order chi connectivity index (χ1) is 19.1. The molecule has 0 aliphatic heterocycles. The zero-order valence-corrected chi connectivity index (χ0v) is 23.7. The number of carboxylic acids is 1. The summed E-state index contributed by atoms with van der Waals surface area (Å²) in [7, 11) is -4.43. The van der Waals surface area contributed by atoms with E-state index in [1.54, 1.807) is 17.4 Å². The highest BCUT2D eigenvalue weighted by molar-refractivity contribution is 7.87. The number of hydrogen-bond acceptors (Lipinski definition) is 6. The molecule has 40 heavy (non-hydrogen) atoms. The van der Waals surface area contributed by atoms with Gasteiger partial charge < -0.3 is 14.4 Å². The van der Waals surface area contributed by atoms with E-state index in [9.17, 15) is 23.4 Å². The molecule has 1 aromatic heterocycles. The normalized spacial score (nSPS) is 14.2. The summed E-state index contributed by atoms with van der Waals surface area (Å²) in [5.74, 6) is -1.56. The van der Waals surface area contributed by atoms with Crippen LogP contribution in [0, 0.1) is 13.8 Å². The van der Waals surface area contributed by atoms with E-state index in [-0.39, 0.29) is 17.2 Å². The summed E-state index contributed by atoms with van der Waals surface area (Å²) in [6, 6.07) is 19.4. The Morgan fingerprint density at radius 1 is 0.975 bits per heavy atom. The highest BCUT2D eigenvalue weighted by Crippen LogP contribution is 2.46. The fourth-order valence-corrected chi connectivity index (χ4v) is 8.01. The Bertz CT molecular complexity index is 1910. The van der Waals surface area contributed by atoms with Crippen molar-refractivity contribution in [3.63, 3.8) is 0 Å². The highest BCUT2D eigenvalue weighted by atomic mass is 32.2. The molecule has 0 atom stereocenters. The van der Waals surface area contributed by atoms with Crippen molar-refractivity contribution in [1.82, 2.24) is 0 Å². The van der Waals surface area contributed by atoms with E-state index in [0.717, 1.165) is 71.3 Å². The third-order valence-corrected chi connectivity index (χ3v) is 10.4. The summed E-state index contributed by atoms with van der Waals surface area (Å²) in [6.07, 6.45) is 3.97. The zero-order valence-electron chi connectivity index (χ0n) is 22.1. The van der Waals surface area contributed by atoms with Gasteiger partial charge in [-0.25, -0.2) is 4.79 Å². The van der Waals surface area contributed by atoms with Crippen LogP contribution in [0.1, 0.15) is 58.0 Å². The molecule has 0 radical (unpaired) electrons. The average molecular weight is 573 g/mol. The van der Waals surface area contributed by atoms with Crippen molar-refractivity contribution in [2.24, 2.45) is 0 Å². The van der Waals surface area contributed by atoms with Gasteiger partial charge in [0.15, 0.2) is 0 Å². The second-order valence-electron chi connectivity index (χ2n) is 10.4. The smallest absolute Gasteiger partial charge is 0.342 e. The van der Waals surface area contributed by atoms with Gasteiger partial charge in [-0.15, -0.1) is 11.3 Å². The van der Waals surface area contributed by atoms with Gasteiger partial charge in [-0.1, -0.05) is 43.2 Å². The molecule has 6 nitrogen and oxygen atoms in total. The first kappa shape index (κ1) is 26.3. The van der Waals surface area contributed by atoms with Crippen molar-refractivity contribution in [3.8, 4) is 22.6 Å². The van der Waals surface area contributed by atoms with Gasteiger partial charge in [0.05, 0.1) is 5.56 Å². The number of thiophene rings is 1. The topological polar surface area (TPSA) is 101 Å². The molecule has 1 fully saturated rings. The van der Waals surface area contributed by atoms with E-state index in [4.69, 9.17) is 4.18 Å². The predicted molar refractivity (Wildman–Crippen MR) is 158 cm³/mol. The minimum absolute atomic E-state index is 0.143. The summed E-state index contributed by atoms with van der Waals surface area (Å²) in [4.78, 5) is 12.0. The largest absolute Gasteiger partial charge is 0.506 e. The number of aromatic carboxylic acids is 1. The van der Waals surface area contributed by atoms with Crippen LogP contribution in [0.15, 0.2) is 71.6 Å². The molecule has 1 aliphatic rings. The number of aromatic hydroxyl groups is 1. The van der Waals surface area contributed by atoms with Crippen molar-refractivity contribution in [1.29, 1.82) is 0 Å². The third kappa shape index (κ3) is 4.51. The van der Waals surface area contributed by atoms with Gasteiger partial charge in [-0.2, -0.15) is 8.42 Å². The molecule has 1 saturated carbocycles. The first-order valence-corrected chi connectivity index (χ1v) is 15.4. The summed E-state index contributed by atoms with van der Waals surface area (Å²) in [5.41, 5.74) is 3.98. The lowest BCUT2D eigenvalue weighted by Crippen LogP contribution is -2.12. The number of benzene rings is 4. The van der Waals surface area contributed by atoms with Crippen molar-refractivity contribution in [3.05, 3.63) is 88.3 Å². The molecule has 5 aromatic rings. The van der Waals surface area contributed by atoms with E-state index in [2.05, 4.69) is 38.1 Å². The maximum absolute atomic E-state index is 13.3. The van der Waals surface area contributed by atoms with Crippen LogP contribution in [-0.4, -0.2) is 24.6 Å². The Kier molecular flexibility index (Phi) is 6.55. The lowest BCUT2D eigenvalue weighted by molar-refractivity contribution is 0.0696. The summed E-state index contributed by atoms with van der Waals surface area (Å²) >= 11 is 1.78. The number of hydrogen-bond donors (Lipinski definition) is 2. The molecular weight excluding hydrogens is 544 g/mol. The summed E-state index contributed by atoms with van der Waals surface area (Å²) in [6.45, 7) is 4.29. The molecule has 204 valence electrons. The molecule has 4 aromatic carbocycles. The number of phenolic OH excluding ortho intramolecular Hbond substituents is 1. The Balaban J connectivity index is 1.51. The van der Waals surface area contributed by atoms with Crippen LogP contribution in [0.2, 0.25) is 0 Å². The lowest BCUT2D eigenvalue weighted by atomic mass is 9.89. The lowest BCUT2D eigenvalue weighted by Gasteiger charge is -2.19. The predicted octanol–water partition coefficient (Wildman–Crippen LogP) is 8.17. The van der Waals surface area contributed by atoms with Gasteiger partial charge in [-0.05, 0) is 102 Å². The van der Waals surface area contributed by atoms with Crippen molar-refractivity contribution < 1.29 is 27.6 Å². The summed E-state index contributed by atoms with van der Waals surface area (Å²) in [5, 5.41) is 23.0. The van der Waals surface area contributed by atoms with Crippen molar-refractivity contribution >= 4 is 48.3 Å². The zero-order chi connectivity index (χ0) is 28.2. The van der Waals surface area contributed by atoms with E-state index >= 15 is 0 Å². The van der Waals surface area contributed by atoms with Gasteiger partial charge in [-0.3, -0.25) is 0 Å². The van der Waals surface area contributed by atoms with Crippen LogP contribution in [0.3, 0.4) is 0 Å². The molecule has 1 aliphatic carbocycles. The Labute approximate surface area is 236 Å². The van der Waals surface area contributed by atoms with Gasteiger partial charge in [0, 0.05) is 15.0 Å². The maximum Gasteiger partial charge on any atom is 0.342 e. The fourth-order valence-electron chi connectivity index (χ4n) is 5.85. The average Bonchev–Trinajstić information content (AvgIpc) is 3.55. The molecule has 0 bridgehead atoms. The van der Waals surface area contributed by atoms with Gasteiger partial charge in [0.25, 0.3) is 0 Å². The standard InChI is InChI=1S/C32H28O6S2/c1-18-19(2)39-28-17-21-9-5-6-10-24(21)31(30(18)28)22-11-13-27(25(15-22)20-7-3-4-8-20)38-40(36,37)29-14-12-23(32(34)35)16-26(29)33/h5-6,9-17,20,33H,3-4,7-8H2,1-2H3,(H,34,35). The number of aryl methyl sites for hydroxylation is 2. The molecule has 0 spiro atoms. The second-order valence-corrected chi connectivity index (χ2v) is 13.2. The maximum atomic E-state index is 13.3. The molecule has 0 unspecified atom stereocenters.